The molecule has 1 heterocycles. The van der Waals surface area contributed by atoms with Gasteiger partial charge in [-0.2, -0.15) is 5.53 Å². The van der Waals surface area contributed by atoms with Crippen molar-refractivity contribution in [1.82, 2.24) is 16.4 Å². The summed E-state index contributed by atoms with van der Waals surface area (Å²) in [6.45, 7) is 0.375. The zero-order chi connectivity index (χ0) is 4.41. The molecule has 1 amide bonds. The molecule has 0 saturated carbocycles. The number of hydrogen-bond acceptors (Lipinski definition) is 3. The van der Waals surface area contributed by atoms with Crippen molar-refractivity contribution in [1.29, 1.82) is 0 Å². The van der Waals surface area contributed by atoms with Crippen molar-refractivity contribution >= 4 is 5.91 Å². The lowest BCUT2D eigenvalue weighted by atomic mass is 10.7. The molecule has 3 N–H and O–H groups in total. The van der Waals surface area contributed by atoms with Gasteiger partial charge in [-0.25, -0.2) is 5.43 Å². The van der Waals surface area contributed by atoms with Crippen LogP contribution in [0.2, 0.25) is 0 Å². The van der Waals surface area contributed by atoms with Crippen molar-refractivity contribution in [3.63, 3.8) is 0 Å². The predicted molar refractivity (Wildman–Crippen MR) is 19.3 cm³/mol. The van der Waals surface area contributed by atoms with E-state index in [2.05, 4.69) is 16.4 Å². The predicted octanol–water partition coefficient (Wildman–Crippen LogP) is -1.87. The Balaban J connectivity index is 2.37. The standard InChI is InChI=1S/C2H5N3O/c6-2-1-3-5-4-2/h3,5H,1H2,(H,4,6). The number of hydrogen-bond donors (Lipinski definition) is 3. The Morgan fingerprint density at radius 1 is 1.67 bits per heavy atom. The summed E-state index contributed by atoms with van der Waals surface area (Å²) in [4.78, 5) is 10.0. The van der Waals surface area contributed by atoms with Crippen molar-refractivity contribution in [2.45, 2.75) is 0 Å². The highest BCUT2D eigenvalue weighted by Gasteiger charge is 2.03. The minimum absolute atomic E-state index is 0.0185. The number of nitrogens with one attached hydrogen (secondary N) is 3. The third-order valence-corrected chi connectivity index (χ3v) is 0.539. The van der Waals surface area contributed by atoms with Crippen LogP contribution >= 0.6 is 0 Å². The maximum atomic E-state index is 10.0. The van der Waals surface area contributed by atoms with E-state index in [1.54, 1.807) is 0 Å². The average Bonchev–Trinajstić information content (AvgIpc) is 1.86. The minimum atomic E-state index is -0.0185. The molecule has 0 radical (unpaired) electrons. The molecule has 0 aromatic carbocycles. The van der Waals surface area contributed by atoms with Crippen LogP contribution in [0.1, 0.15) is 0 Å². The summed E-state index contributed by atoms with van der Waals surface area (Å²) in [6, 6.07) is 0. The van der Waals surface area contributed by atoms with Gasteiger partial charge in [0.05, 0.1) is 6.54 Å². The Kier molecular flexibility index (Phi) is 0.736. The smallest absolute Gasteiger partial charge is 0.250 e. The molecule has 1 aliphatic heterocycles. The van der Waals surface area contributed by atoms with Gasteiger partial charge in [-0.1, -0.05) is 0 Å². The van der Waals surface area contributed by atoms with Crippen LogP contribution < -0.4 is 16.4 Å². The zero-order valence-corrected chi connectivity index (χ0v) is 3.12. The van der Waals surface area contributed by atoms with Crippen molar-refractivity contribution < 1.29 is 4.79 Å². The fourth-order valence-electron chi connectivity index (χ4n) is 0.283. The summed E-state index contributed by atoms with van der Waals surface area (Å²) < 4.78 is 0. The van der Waals surface area contributed by atoms with E-state index < -0.39 is 0 Å². The molecule has 0 spiro atoms. The first-order valence-corrected chi connectivity index (χ1v) is 1.66. The lowest BCUT2D eigenvalue weighted by Gasteiger charge is -1.82. The van der Waals surface area contributed by atoms with Gasteiger partial charge in [0.15, 0.2) is 0 Å². The number of rotatable bonds is 0. The molecule has 4 heteroatoms. The fourth-order valence-corrected chi connectivity index (χ4v) is 0.283. The van der Waals surface area contributed by atoms with Gasteiger partial charge in [0.2, 0.25) is 0 Å². The van der Waals surface area contributed by atoms with E-state index in [1.165, 1.54) is 0 Å². The molecular weight excluding hydrogens is 82.0 g/mol. The van der Waals surface area contributed by atoms with E-state index in [-0.39, 0.29) is 5.91 Å². The maximum Gasteiger partial charge on any atom is 0.250 e. The lowest BCUT2D eigenvalue weighted by molar-refractivity contribution is -0.118. The molecule has 6 heavy (non-hydrogen) atoms. The van der Waals surface area contributed by atoms with E-state index in [0.717, 1.165) is 0 Å². The van der Waals surface area contributed by atoms with Crippen LogP contribution in [-0.4, -0.2) is 12.5 Å². The van der Waals surface area contributed by atoms with Crippen molar-refractivity contribution in [2.75, 3.05) is 6.54 Å². The second-order valence-electron chi connectivity index (χ2n) is 1.03. The fraction of sp³-hybridized carbons (Fsp3) is 0.500. The summed E-state index contributed by atoms with van der Waals surface area (Å²) in [5, 5.41) is 0. The molecule has 1 saturated heterocycles. The van der Waals surface area contributed by atoms with E-state index in [9.17, 15) is 4.79 Å². The molecule has 1 aliphatic rings. The van der Waals surface area contributed by atoms with Crippen molar-refractivity contribution in [2.24, 2.45) is 0 Å². The average molecular weight is 87.1 g/mol. The number of amides is 1. The molecule has 0 atom stereocenters. The third-order valence-electron chi connectivity index (χ3n) is 0.539. The first-order valence-electron chi connectivity index (χ1n) is 1.66. The first-order chi connectivity index (χ1) is 2.89. The normalized spacial score (nSPS) is 21.0. The largest absolute Gasteiger partial charge is 0.277 e. The van der Waals surface area contributed by atoms with Gasteiger partial charge in [-0.15, -0.1) is 0 Å². The Bertz CT molecular complexity index is 63.2. The summed E-state index contributed by atoms with van der Waals surface area (Å²) in [5.74, 6) is -0.0185. The van der Waals surface area contributed by atoms with Crippen LogP contribution in [0.3, 0.4) is 0 Å². The monoisotopic (exact) mass is 87.0 g/mol. The molecular formula is C2H5N3O. The van der Waals surface area contributed by atoms with Crippen molar-refractivity contribution in [3.05, 3.63) is 0 Å². The molecule has 1 fully saturated rings. The quantitative estimate of drug-likeness (QED) is 0.324. The highest BCUT2D eigenvalue weighted by Crippen LogP contribution is 1.60. The maximum absolute atomic E-state index is 10.0. The SMILES string of the molecule is O=C1CNNN1. The lowest BCUT2D eigenvalue weighted by Crippen LogP contribution is -2.31. The van der Waals surface area contributed by atoms with Gasteiger partial charge in [0.1, 0.15) is 0 Å². The van der Waals surface area contributed by atoms with Crippen LogP contribution in [0.4, 0.5) is 0 Å². The topological polar surface area (TPSA) is 53.2 Å². The van der Waals surface area contributed by atoms with Crippen LogP contribution in [0.25, 0.3) is 0 Å². The Labute approximate surface area is 34.8 Å². The molecule has 0 aliphatic carbocycles. The van der Waals surface area contributed by atoms with Gasteiger partial charge < -0.3 is 0 Å². The minimum Gasteiger partial charge on any atom is -0.277 e. The van der Waals surface area contributed by atoms with Gasteiger partial charge in [0.25, 0.3) is 5.91 Å². The summed E-state index contributed by atoms with van der Waals surface area (Å²) >= 11 is 0. The van der Waals surface area contributed by atoms with Gasteiger partial charge in [-0.05, 0) is 0 Å². The second-order valence-corrected chi connectivity index (χ2v) is 1.03. The highest BCUT2D eigenvalue weighted by molar-refractivity contribution is 5.78. The van der Waals surface area contributed by atoms with Crippen LogP contribution in [-0.2, 0) is 4.79 Å². The number of carbonyl (C=O) groups excluding carboxylic acids is 1. The third kappa shape index (κ3) is 0.474. The molecule has 4 nitrogen and oxygen atoms in total. The Morgan fingerprint density at radius 3 is 2.67 bits per heavy atom. The summed E-state index contributed by atoms with van der Waals surface area (Å²) in [6.07, 6.45) is 0. The molecule has 0 bridgehead atoms. The van der Waals surface area contributed by atoms with Crippen LogP contribution in [0, 0.1) is 0 Å². The molecule has 34 valence electrons. The number of carbonyl (C=O) groups is 1. The van der Waals surface area contributed by atoms with E-state index in [0.29, 0.717) is 6.54 Å². The van der Waals surface area contributed by atoms with Gasteiger partial charge in [0, 0.05) is 0 Å². The van der Waals surface area contributed by atoms with Gasteiger partial charge >= 0.3 is 0 Å². The molecule has 0 unspecified atom stereocenters. The first kappa shape index (κ1) is 3.58. The van der Waals surface area contributed by atoms with Crippen molar-refractivity contribution in [3.8, 4) is 0 Å². The van der Waals surface area contributed by atoms with E-state index >= 15 is 0 Å². The Morgan fingerprint density at radius 2 is 2.50 bits per heavy atom. The van der Waals surface area contributed by atoms with E-state index in [1.807, 2.05) is 0 Å². The van der Waals surface area contributed by atoms with E-state index in [4.69, 9.17) is 0 Å². The highest BCUT2D eigenvalue weighted by atomic mass is 16.2. The Hall–Kier alpha value is -0.610. The van der Waals surface area contributed by atoms with Gasteiger partial charge in [-0.3, -0.25) is 10.2 Å². The zero-order valence-electron chi connectivity index (χ0n) is 3.12. The second kappa shape index (κ2) is 1.24. The summed E-state index contributed by atoms with van der Waals surface area (Å²) in [7, 11) is 0. The molecule has 1 rings (SSSR count). The summed E-state index contributed by atoms with van der Waals surface area (Å²) in [5.41, 5.74) is 7.30. The molecule has 0 aromatic rings. The van der Waals surface area contributed by atoms with Crippen LogP contribution in [0.15, 0.2) is 0 Å². The van der Waals surface area contributed by atoms with Crippen LogP contribution in [0.5, 0.6) is 0 Å². The molecule has 0 aromatic heterocycles. The number of hydrazine groups is 2.